The Morgan fingerprint density at radius 1 is 1.07 bits per heavy atom. The van der Waals surface area contributed by atoms with Gasteiger partial charge in [0.25, 0.3) is 17.4 Å². The third kappa shape index (κ3) is 3.30. The van der Waals surface area contributed by atoms with Gasteiger partial charge in [-0.2, -0.15) is 0 Å². The molecule has 2 aromatic carbocycles. The van der Waals surface area contributed by atoms with E-state index in [-0.39, 0.29) is 28.6 Å². The lowest BCUT2D eigenvalue weighted by molar-refractivity contribution is -0.384. The molecular formula is C22H20N2O6. The van der Waals surface area contributed by atoms with Crippen molar-refractivity contribution in [1.29, 1.82) is 0 Å². The first-order chi connectivity index (χ1) is 14.4. The molecule has 154 valence electrons. The summed E-state index contributed by atoms with van der Waals surface area (Å²) in [6.45, 7) is 0. The van der Waals surface area contributed by atoms with E-state index in [1.807, 2.05) is 0 Å². The van der Waals surface area contributed by atoms with E-state index in [2.05, 4.69) is 0 Å². The van der Waals surface area contributed by atoms with Crippen molar-refractivity contribution in [3.8, 4) is 5.75 Å². The monoisotopic (exact) mass is 408 g/mol. The Bertz CT molecular complexity index is 1050. The number of hydrogen-bond acceptors (Lipinski definition) is 6. The van der Waals surface area contributed by atoms with Gasteiger partial charge in [-0.25, -0.2) is 0 Å². The zero-order chi connectivity index (χ0) is 21.4. The minimum Gasteiger partial charge on any atom is -0.508 e. The Kier molecular flexibility index (Phi) is 4.99. The third-order valence-corrected chi connectivity index (χ3v) is 5.74. The number of amides is 1. The zero-order valence-electron chi connectivity index (χ0n) is 16.0. The molecule has 1 heterocycles. The highest BCUT2D eigenvalue weighted by molar-refractivity contribution is 6.46. The van der Waals surface area contributed by atoms with Gasteiger partial charge in [-0.05, 0) is 42.7 Å². The van der Waals surface area contributed by atoms with Crippen LogP contribution in [0.1, 0.15) is 42.9 Å². The number of aromatic hydroxyl groups is 1. The molecule has 4 rings (SSSR count). The number of aliphatic hydroxyl groups excluding tert-OH is 1. The van der Waals surface area contributed by atoms with E-state index in [0.717, 1.165) is 25.7 Å². The summed E-state index contributed by atoms with van der Waals surface area (Å²) in [7, 11) is 0. The number of likely N-dealkylation sites (tertiary alicyclic amines) is 1. The van der Waals surface area contributed by atoms with E-state index >= 15 is 0 Å². The maximum atomic E-state index is 13.0. The molecule has 2 aliphatic rings. The van der Waals surface area contributed by atoms with Gasteiger partial charge in [-0.1, -0.05) is 25.0 Å². The van der Waals surface area contributed by atoms with Crippen molar-refractivity contribution in [1.82, 2.24) is 4.90 Å². The molecule has 8 nitrogen and oxygen atoms in total. The van der Waals surface area contributed by atoms with Crippen LogP contribution >= 0.6 is 0 Å². The Balaban J connectivity index is 1.86. The molecule has 1 unspecified atom stereocenters. The Labute approximate surface area is 172 Å². The van der Waals surface area contributed by atoms with E-state index in [9.17, 15) is 29.9 Å². The molecule has 2 N–H and O–H groups in total. The highest BCUT2D eigenvalue weighted by Crippen LogP contribution is 2.44. The van der Waals surface area contributed by atoms with Gasteiger partial charge in [0.05, 0.1) is 16.5 Å². The standard InChI is InChI=1S/C22H20N2O6/c25-17-7-3-4-14(12-17)19-18(20(26)13-8-10-16(11-9-13)24(29)30)21(27)22(28)23(19)15-5-1-2-6-15/h3-4,7-12,15,19,25-26H,1-2,5-6H2/b20-18-. The van der Waals surface area contributed by atoms with E-state index in [0.29, 0.717) is 5.56 Å². The van der Waals surface area contributed by atoms with Gasteiger partial charge in [0.2, 0.25) is 0 Å². The Morgan fingerprint density at radius 3 is 2.33 bits per heavy atom. The van der Waals surface area contributed by atoms with Crippen LogP contribution in [0.15, 0.2) is 54.1 Å². The van der Waals surface area contributed by atoms with Crippen molar-refractivity contribution in [2.45, 2.75) is 37.8 Å². The van der Waals surface area contributed by atoms with Crippen molar-refractivity contribution in [3.63, 3.8) is 0 Å². The lowest BCUT2D eigenvalue weighted by atomic mass is 9.94. The van der Waals surface area contributed by atoms with Crippen LogP contribution in [-0.4, -0.2) is 37.8 Å². The van der Waals surface area contributed by atoms with E-state index in [1.165, 1.54) is 41.3 Å². The summed E-state index contributed by atoms with van der Waals surface area (Å²) in [5.41, 5.74) is 0.494. The van der Waals surface area contributed by atoms with Gasteiger partial charge in [-0.3, -0.25) is 19.7 Å². The van der Waals surface area contributed by atoms with Crippen LogP contribution in [0.4, 0.5) is 5.69 Å². The Morgan fingerprint density at radius 2 is 1.73 bits per heavy atom. The number of nitro benzene ring substituents is 1. The molecule has 30 heavy (non-hydrogen) atoms. The van der Waals surface area contributed by atoms with Crippen LogP contribution < -0.4 is 0 Å². The number of nitro groups is 1. The normalized spacial score (nSPS) is 21.3. The maximum Gasteiger partial charge on any atom is 0.295 e. The van der Waals surface area contributed by atoms with Gasteiger partial charge >= 0.3 is 0 Å². The van der Waals surface area contributed by atoms with Crippen molar-refractivity contribution in [3.05, 3.63) is 75.3 Å². The molecule has 1 aliphatic carbocycles. The molecule has 1 saturated carbocycles. The number of ketones is 1. The number of benzene rings is 2. The highest BCUT2D eigenvalue weighted by atomic mass is 16.6. The van der Waals surface area contributed by atoms with Gasteiger partial charge in [0.1, 0.15) is 11.5 Å². The average Bonchev–Trinajstić information content (AvgIpc) is 3.34. The number of carbonyl (C=O) groups is 2. The van der Waals surface area contributed by atoms with Crippen molar-refractivity contribution >= 4 is 23.1 Å². The van der Waals surface area contributed by atoms with Crippen molar-refractivity contribution in [2.75, 3.05) is 0 Å². The van der Waals surface area contributed by atoms with Gasteiger partial charge < -0.3 is 15.1 Å². The second kappa shape index (κ2) is 7.62. The summed E-state index contributed by atoms with van der Waals surface area (Å²) in [5, 5.41) is 31.8. The van der Waals surface area contributed by atoms with Crippen LogP contribution in [0.25, 0.3) is 5.76 Å². The fourth-order valence-electron chi connectivity index (χ4n) is 4.33. The zero-order valence-corrected chi connectivity index (χ0v) is 16.0. The number of nitrogens with zero attached hydrogens (tertiary/aromatic N) is 2. The summed E-state index contributed by atoms with van der Waals surface area (Å²) in [4.78, 5) is 37.7. The van der Waals surface area contributed by atoms with Crippen LogP contribution in [0.3, 0.4) is 0 Å². The second-order valence-electron chi connectivity index (χ2n) is 7.54. The molecule has 1 atom stereocenters. The number of rotatable bonds is 4. The van der Waals surface area contributed by atoms with Crippen LogP contribution in [0, 0.1) is 10.1 Å². The number of carbonyl (C=O) groups excluding carboxylic acids is 2. The molecule has 1 amide bonds. The van der Waals surface area contributed by atoms with Crippen LogP contribution in [0.2, 0.25) is 0 Å². The van der Waals surface area contributed by atoms with Gasteiger partial charge in [-0.15, -0.1) is 0 Å². The summed E-state index contributed by atoms with van der Waals surface area (Å²) >= 11 is 0. The molecule has 0 radical (unpaired) electrons. The molecule has 1 saturated heterocycles. The molecule has 1 aliphatic heterocycles. The quantitative estimate of drug-likeness (QED) is 0.262. The number of phenolic OH excluding ortho intramolecular Hbond substituents is 1. The predicted octanol–water partition coefficient (Wildman–Crippen LogP) is 3.66. The smallest absolute Gasteiger partial charge is 0.295 e. The van der Waals surface area contributed by atoms with E-state index in [4.69, 9.17) is 0 Å². The molecule has 2 aromatic rings. The molecule has 0 spiro atoms. The maximum absolute atomic E-state index is 13.0. The summed E-state index contributed by atoms with van der Waals surface area (Å²) in [6.07, 6.45) is 3.42. The average molecular weight is 408 g/mol. The molecule has 2 fully saturated rings. The minimum absolute atomic E-state index is 0.0140. The third-order valence-electron chi connectivity index (χ3n) is 5.74. The first-order valence-electron chi connectivity index (χ1n) is 9.72. The summed E-state index contributed by atoms with van der Waals surface area (Å²) < 4.78 is 0. The number of Topliss-reactive ketones (excluding diaryl/α,β-unsaturated/α-hetero) is 1. The number of aliphatic hydroxyl groups is 1. The fourth-order valence-corrected chi connectivity index (χ4v) is 4.33. The topological polar surface area (TPSA) is 121 Å². The Hall–Kier alpha value is -3.68. The second-order valence-corrected chi connectivity index (χ2v) is 7.54. The van der Waals surface area contributed by atoms with Crippen molar-refractivity contribution < 1.29 is 24.7 Å². The lowest BCUT2D eigenvalue weighted by Gasteiger charge is -2.30. The molecule has 0 aromatic heterocycles. The van der Waals surface area contributed by atoms with E-state index < -0.39 is 28.4 Å². The predicted molar refractivity (Wildman–Crippen MR) is 108 cm³/mol. The molecule has 0 bridgehead atoms. The van der Waals surface area contributed by atoms with Crippen molar-refractivity contribution in [2.24, 2.45) is 0 Å². The highest BCUT2D eigenvalue weighted by Gasteiger charge is 2.49. The fraction of sp³-hybridized carbons (Fsp3) is 0.273. The summed E-state index contributed by atoms with van der Waals surface area (Å²) in [5.74, 6) is -1.89. The minimum atomic E-state index is -0.838. The first-order valence-corrected chi connectivity index (χ1v) is 9.72. The number of phenols is 1. The lowest BCUT2D eigenvalue weighted by Crippen LogP contribution is -2.37. The van der Waals surface area contributed by atoms with E-state index in [1.54, 1.807) is 12.1 Å². The molecule has 8 heteroatoms. The number of hydrogen-bond donors (Lipinski definition) is 2. The van der Waals surface area contributed by atoms with Gasteiger partial charge in [0.15, 0.2) is 0 Å². The molecular weight excluding hydrogens is 388 g/mol. The van der Waals surface area contributed by atoms with Crippen LogP contribution in [0.5, 0.6) is 5.75 Å². The number of non-ortho nitro benzene ring substituents is 1. The first kappa shape index (κ1) is 19.6. The summed E-state index contributed by atoms with van der Waals surface area (Å²) in [6, 6.07) is 10.4. The van der Waals surface area contributed by atoms with Crippen LogP contribution in [-0.2, 0) is 9.59 Å². The van der Waals surface area contributed by atoms with Gasteiger partial charge in [0, 0.05) is 23.7 Å². The SMILES string of the molecule is O=C1C(=O)N(C2CCCC2)C(c2cccc(O)c2)/C1=C(/O)c1ccc([N+](=O)[O-])cc1. The largest absolute Gasteiger partial charge is 0.508 e.